The zero-order chi connectivity index (χ0) is 14.0. The van der Waals surface area contributed by atoms with Gasteiger partial charge in [-0.15, -0.1) is 0 Å². The van der Waals surface area contributed by atoms with E-state index < -0.39 is 29.4 Å². The maximum Gasteiger partial charge on any atom is 0.256 e. The number of rotatable bonds is 2. The highest BCUT2D eigenvalue weighted by atomic mass is 19.1. The van der Waals surface area contributed by atoms with Crippen LogP contribution >= 0.6 is 0 Å². The SMILES string of the molecule is NC(=O)C1CCCN(C(=O)c2cc(F)ccc2F)C1. The average Bonchev–Trinajstić information content (AvgIpc) is 2.41. The number of benzene rings is 1. The Bertz CT molecular complexity index is 519. The number of carbonyl (C=O) groups is 2. The Morgan fingerprint density at radius 2 is 2.05 bits per heavy atom. The maximum absolute atomic E-state index is 13.5. The number of piperidine rings is 1. The molecule has 102 valence electrons. The third-order valence-electron chi connectivity index (χ3n) is 3.27. The van der Waals surface area contributed by atoms with E-state index in [9.17, 15) is 18.4 Å². The molecule has 1 aliphatic rings. The van der Waals surface area contributed by atoms with Crippen LogP contribution in [0.4, 0.5) is 8.78 Å². The van der Waals surface area contributed by atoms with Crippen LogP contribution in [0.5, 0.6) is 0 Å². The minimum absolute atomic E-state index is 0.157. The van der Waals surface area contributed by atoms with Crippen LogP contribution in [0, 0.1) is 17.6 Å². The first-order valence-corrected chi connectivity index (χ1v) is 6.02. The lowest BCUT2D eigenvalue weighted by Gasteiger charge is -2.31. The molecule has 1 aromatic rings. The summed E-state index contributed by atoms with van der Waals surface area (Å²) < 4.78 is 26.6. The fourth-order valence-corrected chi connectivity index (χ4v) is 2.23. The lowest BCUT2D eigenvalue weighted by atomic mass is 9.97. The molecule has 0 spiro atoms. The summed E-state index contributed by atoms with van der Waals surface area (Å²) in [7, 11) is 0. The number of primary amides is 1. The van der Waals surface area contributed by atoms with E-state index >= 15 is 0 Å². The molecule has 0 saturated carbocycles. The third-order valence-corrected chi connectivity index (χ3v) is 3.27. The van der Waals surface area contributed by atoms with Gasteiger partial charge < -0.3 is 10.6 Å². The van der Waals surface area contributed by atoms with Crippen LogP contribution < -0.4 is 5.73 Å². The number of hydrogen-bond acceptors (Lipinski definition) is 2. The lowest BCUT2D eigenvalue weighted by molar-refractivity contribution is -0.123. The fraction of sp³-hybridized carbons (Fsp3) is 0.385. The van der Waals surface area contributed by atoms with Crippen LogP contribution in [0.3, 0.4) is 0 Å². The highest BCUT2D eigenvalue weighted by Gasteiger charge is 2.28. The van der Waals surface area contributed by atoms with Gasteiger partial charge in [-0.2, -0.15) is 0 Å². The summed E-state index contributed by atoms with van der Waals surface area (Å²) >= 11 is 0. The summed E-state index contributed by atoms with van der Waals surface area (Å²) in [4.78, 5) is 24.6. The van der Waals surface area contributed by atoms with Crippen molar-refractivity contribution in [1.29, 1.82) is 0 Å². The first-order chi connectivity index (χ1) is 8.99. The van der Waals surface area contributed by atoms with Crippen molar-refractivity contribution in [3.8, 4) is 0 Å². The molecule has 1 atom stereocenters. The number of amides is 2. The number of nitrogens with two attached hydrogens (primary N) is 1. The van der Waals surface area contributed by atoms with Gasteiger partial charge in [0.2, 0.25) is 5.91 Å². The quantitative estimate of drug-likeness (QED) is 0.878. The van der Waals surface area contributed by atoms with E-state index in [2.05, 4.69) is 0 Å². The van der Waals surface area contributed by atoms with Crippen LogP contribution in [0.15, 0.2) is 18.2 Å². The van der Waals surface area contributed by atoms with Crippen molar-refractivity contribution in [1.82, 2.24) is 4.90 Å². The Hall–Kier alpha value is -1.98. The molecule has 2 rings (SSSR count). The molecule has 1 aromatic carbocycles. The Morgan fingerprint density at radius 3 is 2.74 bits per heavy atom. The Kier molecular flexibility index (Phi) is 3.78. The van der Waals surface area contributed by atoms with Gasteiger partial charge in [0.15, 0.2) is 0 Å². The zero-order valence-corrected chi connectivity index (χ0v) is 10.2. The number of nitrogens with zero attached hydrogens (tertiary/aromatic N) is 1. The van der Waals surface area contributed by atoms with Crippen molar-refractivity contribution in [3.05, 3.63) is 35.4 Å². The molecule has 0 aromatic heterocycles. The van der Waals surface area contributed by atoms with Gasteiger partial charge in [0, 0.05) is 13.1 Å². The van der Waals surface area contributed by atoms with Crippen LogP contribution in [-0.4, -0.2) is 29.8 Å². The van der Waals surface area contributed by atoms with E-state index in [1.165, 1.54) is 4.90 Å². The highest BCUT2D eigenvalue weighted by Crippen LogP contribution is 2.20. The van der Waals surface area contributed by atoms with Gasteiger partial charge in [-0.1, -0.05) is 0 Å². The molecule has 2 amide bonds. The van der Waals surface area contributed by atoms with Gasteiger partial charge in [0.1, 0.15) is 11.6 Å². The number of carbonyl (C=O) groups excluding carboxylic acids is 2. The maximum atomic E-state index is 13.5. The molecule has 1 saturated heterocycles. The normalized spacial score (nSPS) is 19.3. The van der Waals surface area contributed by atoms with Gasteiger partial charge in [-0.25, -0.2) is 8.78 Å². The molecule has 6 heteroatoms. The second-order valence-corrected chi connectivity index (χ2v) is 4.62. The van der Waals surface area contributed by atoms with Crippen molar-refractivity contribution in [3.63, 3.8) is 0 Å². The molecule has 0 radical (unpaired) electrons. The van der Waals surface area contributed by atoms with E-state index in [-0.39, 0.29) is 12.1 Å². The second kappa shape index (κ2) is 5.34. The summed E-state index contributed by atoms with van der Waals surface area (Å²) in [5.41, 5.74) is 4.90. The van der Waals surface area contributed by atoms with Crippen molar-refractivity contribution in [2.24, 2.45) is 11.7 Å². The Labute approximate surface area is 109 Å². The standard InChI is InChI=1S/C13H14F2N2O2/c14-9-3-4-11(15)10(6-9)13(19)17-5-1-2-8(7-17)12(16)18/h3-4,6,8H,1-2,5,7H2,(H2,16,18). The van der Waals surface area contributed by atoms with E-state index in [4.69, 9.17) is 5.73 Å². The molecule has 0 aliphatic carbocycles. The summed E-state index contributed by atoms with van der Waals surface area (Å²) in [6.45, 7) is 0.572. The van der Waals surface area contributed by atoms with Crippen molar-refractivity contribution < 1.29 is 18.4 Å². The van der Waals surface area contributed by atoms with Crippen LogP contribution in [0.2, 0.25) is 0 Å². The molecule has 1 aliphatic heterocycles. The van der Waals surface area contributed by atoms with Gasteiger partial charge in [-0.05, 0) is 31.0 Å². The van der Waals surface area contributed by atoms with Gasteiger partial charge >= 0.3 is 0 Å². The van der Waals surface area contributed by atoms with Crippen LogP contribution in [-0.2, 0) is 4.79 Å². The fourth-order valence-electron chi connectivity index (χ4n) is 2.23. The van der Waals surface area contributed by atoms with Gasteiger partial charge in [0.05, 0.1) is 11.5 Å². The van der Waals surface area contributed by atoms with E-state index in [0.29, 0.717) is 19.4 Å². The van der Waals surface area contributed by atoms with Gasteiger partial charge in [0.25, 0.3) is 5.91 Å². The predicted molar refractivity (Wildman–Crippen MR) is 64.2 cm³/mol. The average molecular weight is 268 g/mol. The van der Waals surface area contributed by atoms with Gasteiger partial charge in [-0.3, -0.25) is 9.59 Å². The monoisotopic (exact) mass is 268 g/mol. The minimum Gasteiger partial charge on any atom is -0.369 e. The number of halogens is 2. The lowest BCUT2D eigenvalue weighted by Crippen LogP contribution is -2.44. The van der Waals surface area contributed by atoms with Crippen LogP contribution in [0.25, 0.3) is 0 Å². The predicted octanol–water partition coefficient (Wildman–Crippen LogP) is 1.30. The van der Waals surface area contributed by atoms with E-state index in [0.717, 1.165) is 18.2 Å². The zero-order valence-electron chi connectivity index (χ0n) is 10.2. The molecular weight excluding hydrogens is 254 g/mol. The summed E-state index contributed by atoms with van der Waals surface area (Å²) in [5.74, 6) is -2.95. The molecule has 19 heavy (non-hydrogen) atoms. The topological polar surface area (TPSA) is 63.4 Å². The summed E-state index contributed by atoms with van der Waals surface area (Å²) in [5, 5.41) is 0. The van der Waals surface area contributed by atoms with Crippen molar-refractivity contribution in [2.75, 3.05) is 13.1 Å². The molecule has 4 nitrogen and oxygen atoms in total. The van der Waals surface area contributed by atoms with Crippen molar-refractivity contribution in [2.45, 2.75) is 12.8 Å². The molecule has 1 heterocycles. The molecule has 0 bridgehead atoms. The number of likely N-dealkylation sites (tertiary alicyclic amines) is 1. The van der Waals surface area contributed by atoms with Crippen molar-refractivity contribution >= 4 is 11.8 Å². The molecular formula is C13H14F2N2O2. The van der Waals surface area contributed by atoms with Crippen LogP contribution in [0.1, 0.15) is 23.2 Å². The molecule has 1 unspecified atom stereocenters. The smallest absolute Gasteiger partial charge is 0.256 e. The molecule has 1 fully saturated rings. The second-order valence-electron chi connectivity index (χ2n) is 4.62. The number of hydrogen-bond donors (Lipinski definition) is 1. The first kappa shape index (κ1) is 13.5. The summed E-state index contributed by atoms with van der Waals surface area (Å²) in [6, 6.07) is 2.73. The summed E-state index contributed by atoms with van der Waals surface area (Å²) in [6.07, 6.45) is 1.24. The largest absolute Gasteiger partial charge is 0.369 e. The third kappa shape index (κ3) is 2.89. The first-order valence-electron chi connectivity index (χ1n) is 6.02. The molecule has 2 N–H and O–H groups in total. The Balaban J connectivity index is 2.19. The van der Waals surface area contributed by atoms with E-state index in [1.807, 2.05) is 0 Å². The van der Waals surface area contributed by atoms with E-state index in [1.54, 1.807) is 0 Å². The minimum atomic E-state index is -0.771. The highest BCUT2D eigenvalue weighted by molar-refractivity contribution is 5.95. The Morgan fingerprint density at radius 1 is 1.32 bits per heavy atom.